The van der Waals surface area contributed by atoms with E-state index in [1.54, 1.807) is 0 Å². The average molecular weight is 348 g/mol. The van der Waals surface area contributed by atoms with Crippen molar-refractivity contribution in [1.82, 2.24) is 4.90 Å². The SMILES string of the molecule is O/N=C(\CCc1ccccc1)c1ccc2c(c1)CCN(C1CCC1)CC2. The summed E-state index contributed by atoms with van der Waals surface area (Å²) in [7, 11) is 0. The minimum atomic E-state index is 0.757. The summed E-state index contributed by atoms with van der Waals surface area (Å²) in [6.45, 7) is 2.35. The molecule has 2 aromatic carbocycles. The van der Waals surface area contributed by atoms with Crippen LogP contribution in [0, 0.1) is 0 Å². The Bertz CT molecular complexity index is 765. The standard InChI is InChI=1S/C23H28N2O/c26-24-23(12-9-18-5-2-1-3-6-18)21-11-10-19-13-15-25(22-7-4-8-22)16-14-20(19)17-21/h1-3,5-6,10-11,17,22,26H,4,7-9,12-16H2/b24-23+. The molecule has 0 spiro atoms. The third-order valence-corrected chi connectivity index (χ3v) is 6.08. The van der Waals surface area contributed by atoms with Crippen LogP contribution < -0.4 is 0 Å². The van der Waals surface area contributed by atoms with E-state index in [1.807, 2.05) is 6.07 Å². The van der Waals surface area contributed by atoms with Crippen LogP contribution in [0.15, 0.2) is 53.7 Å². The average Bonchev–Trinajstić information content (AvgIpc) is 2.84. The van der Waals surface area contributed by atoms with Gasteiger partial charge in [0, 0.05) is 19.1 Å². The van der Waals surface area contributed by atoms with Crippen molar-refractivity contribution in [2.24, 2.45) is 5.16 Å². The van der Waals surface area contributed by atoms with Crippen molar-refractivity contribution < 1.29 is 5.21 Å². The number of hydrogen-bond donors (Lipinski definition) is 1. The first-order valence-corrected chi connectivity index (χ1v) is 9.94. The summed E-state index contributed by atoms with van der Waals surface area (Å²) in [5.41, 5.74) is 6.04. The maximum absolute atomic E-state index is 9.55. The van der Waals surface area contributed by atoms with Gasteiger partial charge in [-0.1, -0.05) is 54.0 Å². The van der Waals surface area contributed by atoms with Gasteiger partial charge in [0.1, 0.15) is 0 Å². The Labute approximate surface area is 156 Å². The number of oxime groups is 1. The molecule has 3 nitrogen and oxygen atoms in total. The van der Waals surface area contributed by atoms with Gasteiger partial charge in [0.05, 0.1) is 5.71 Å². The van der Waals surface area contributed by atoms with Gasteiger partial charge in [0.2, 0.25) is 0 Å². The van der Waals surface area contributed by atoms with Gasteiger partial charge >= 0.3 is 0 Å². The Hall–Kier alpha value is -2.13. The molecule has 0 bridgehead atoms. The molecule has 0 aromatic heterocycles. The largest absolute Gasteiger partial charge is 0.411 e. The Kier molecular flexibility index (Phi) is 5.35. The molecule has 0 amide bonds. The van der Waals surface area contributed by atoms with Crippen molar-refractivity contribution in [2.75, 3.05) is 13.1 Å². The van der Waals surface area contributed by atoms with E-state index in [2.05, 4.69) is 52.5 Å². The fourth-order valence-electron chi connectivity index (χ4n) is 4.20. The van der Waals surface area contributed by atoms with E-state index in [-0.39, 0.29) is 0 Å². The second-order valence-electron chi connectivity index (χ2n) is 7.64. The van der Waals surface area contributed by atoms with Gasteiger partial charge in [-0.25, -0.2) is 0 Å². The maximum atomic E-state index is 9.55. The number of nitrogens with zero attached hydrogens (tertiary/aromatic N) is 2. The van der Waals surface area contributed by atoms with Crippen LogP contribution >= 0.6 is 0 Å². The lowest BCUT2D eigenvalue weighted by molar-refractivity contribution is 0.133. The first kappa shape index (κ1) is 17.3. The highest BCUT2D eigenvalue weighted by Crippen LogP contribution is 2.28. The van der Waals surface area contributed by atoms with Gasteiger partial charge in [-0.15, -0.1) is 0 Å². The molecule has 2 aromatic rings. The zero-order valence-electron chi connectivity index (χ0n) is 15.4. The zero-order valence-corrected chi connectivity index (χ0v) is 15.4. The van der Waals surface area contributed by atoms with Gasteiger partial charge in [-0.3, -0.25) is 4.90 Å². The lowest BCUT2D eigenvalue weighted by atomic mass is 9.91. The van der Waals surface area contributed by atoms with Crippen molar-refractivity contribution in [1.29, 1.82) is 0 Å². The van der Waals surface area contributed by atoms with Gasteiger partial charge in [-0.2, -0.15) is 0 Å². The summed E-state index contributed by atoms with van der Waals surface area (Å²) in [5.74, 6) is 0. The normalized spacial score (nSPS) is 18.8. The Morgan fingerprint density at radius 3 is 2.46 bits per heavy atom. The molecule has 1 aliphatic carbocycles. The molecule has 1 aliphatic heterocycles. The molecule has 0 radical (unpaired) electrons. The molecule has 3 heteroatoms. The van der Waals surface area contributed by atoms with Crippen LogP contribution in [0.5, 0.6) is 0 Å². The van der Waals surface area contributed by atoms with E-state index in [0.29, 0.717) is 0 Å². The Morgan fingerprint density at radius 2 is 1.77 bits per heavy atom. The molecular formula is C23H28N2O. The number of benzene rings is 2. The molecule has 4 rings (SSSR count). The fourth-order valence-corrected chi connectivity index (χ4v) is 4.20. The van der Waals surface area contributed by atoms with Gasteiger partial charge in [-0.05, 0) is 66.8 Å². The second kappa shape index (κ2) is 8.05. The number of fused-ring (bicyclic) bond motifs is 1. The van der Waals surface area contributed by atoms with Gasteiger partial charge < -0.3 is 5.21 Å². The van der Waals surface area contributed by atoms with Crippen LogP contribution in [-0.2, 0) is 19.3 Å². The van der Waals surface area contributed by atoms with E-state index in [9.17, 15) is 5.21 Å². The van der Waals surface area contributed by atoms with E-state index in [4.69, 9.17) is 0 Å². The van der Waals surface area contributed by atoms with Crippen LogP contribution in [-0.4, -0.2) is 35.0 Å². The van der Waals surface area contributed by atoms with E-state index in [1.165, 1.54) is 42.5 Å². The maximum Gasteiger partial charge on any atom is 0.0871 e. The number of aryl methyl sites for hydroxylation is 1. The highest BCUT2D eigenvalue weighted by Gasteiger charge is 2.26. The van der Waals surface area contributed by atoms with Crippen molar-refractivity contribution >= 4 is 5.71 Å². The third kappa shape index (κ3) is 3.83. The smallest absolute Gasteiger partial charge is 0.0871 e. The fraction of sp³-hybridized carbons (Fsp3) is 0.435. The van der Waals surface area contributed by atoms with Crippen LogP contribution in [0.1, 0.15) is 47.9 Å². The molecule has 2 aliphatic rings. The first-order valence-electron chi connectivity index (χ1n) is 9.94. The third-order valence-electron chi connectivity index (χ3n) is 6.08. The van der Waals surface area contributed by atoms with Crippen LogP contribution in [0.3, 0.4) is 0 Å². The summed E-state index contributed by atoms with van der Waals surface area (Å²) in [6.07, 6.45) is 8.06. The van der Waals surface area contributed by atoms with E-state index in [0.717, 1.165) is 49.5 Å². The predicted molar refractivity (Wildman–Crippen MR) is 106 cm³/mol. The minimum absolute atomic E-state index is 0.757. The highest BCUT2D eigenvalue weighted by atomic mass is 16.4. The summed E-state index contributed by atoms with van der Waals surface area (Å²) in [5, 5.41) is 13.2. The van der Waals surface area contributed by atoms with E-state index < -0.39 is 0 Å². The van der Waals surface area contributed by atoms with Gasteiger partial charge in [0.15, 0.2) is 0 Å². The molecule has 1 heterocycles. The summed E-state index contributed by atoms with van der Waals surface area (Å²) in [4.78, 5) is 2.68. The molecule has 0 unspecified atom stereocenters. The van der Waals surface area contributed by atoms with Crippen molar-refractivity contribution in [3.8, 4) is 0 Å². The first-order chi connectivity index (χ1) is 12.8. The predicted octanol–water partition coefficient (Wildman–Crippen LogP) is 4.45. The monoisotopic (exact) mass is 348 g/mol. The summed E-state index contributed by atoms with van der Waals surface area (Å²) < 4.78 is 0. The minimum Gasteiger partial charge on any atom is -0.411 e. The van der Waals surface area contributed by atoms with Gasteiger partial charge in [0.25, 0.3) is 0 Å². The number of rotatable bonds is 5. The molecule has 0 atom stereocenters. The second-order valence-corrected chi connectivity index (χ2v) is 7.64. The van der Waals surface area contributed by atoms with Crippen molar-refractivity contribution in [3.63, 3.8) is 0 Å². The lowest BCUT2D eigenvalue weighted by Gasteiger charge is -2.36. The molecule has 1 saturated carbocycles. The quantitative estimate of drug-likeness (QED) is 0.492. The molecule has 1 N–H and O–H groups in total. The molecule has 136 valence electrons. The van der Waals surface area contributed by atoms with Crippen molar-refractivity contribution in [2.45, 2.75) is 51.0 Å². The molecule has 1 fully saturated rings. The molecular weight excluding hydrogens is 320 g/mol. The molecule has 26 heavy (non-hydrogen) atoms. The Balaban J connectivity index is 1.45. The zero-order chi connectivity index (χ0) is 17.8. The lowest BCUT2D eigenvalue weighted by Crippen LogP contribution is -2.41. The van der Waals surface area contributed by atoms with Crippen LogP contribution in [0.25, 0.3) is 0 Å². The highest BCUT2D eigenvalue weighted by molar-refractivity contribution is 6.00. The van der Waals surface area contributed by atoms with E-state index >= 15 is 0 Å². The van der Waals surface area contributed by atoms with Crippen molar-refractivity contribution in [3.05, 3.63) is 70.8 Å². The summed E-state index contributed by atoms with van der Waals surface area (Å²) in [6, 6.07) is 17.9. The molecule has 0 saturated heterocycles. The Morgan fingerprint density at radius 1 is 1.00 bits per heavy atom. The summed E-state index contributed by atoms with van der Waals surface area (Å²) >= 11 is 0. The van der Waals surface area contributed by atoms with Crippen LogP contribution in [0.2, 0.25) is 0 Å². The topological polar surface area (TPSA) is 35.8 Å². The number of hydrogen-bond acceptors (Lipinski definition) is 3. The van der Waals surface area contributed by atoms with Crippen LogP contribution in [0.4, 0.5) is 0 Å².